The molecule has 0 aliphatic heterocycles. The molecule has 2 aromatic carbocycles. The van der Waals surface area contributed by atoms with Crippen molar-refractivity contribution in [2.45, 2.75) is 18.7 Å². The van der Waals surface area contributed by atoms with E-state index in [-0.39, 0.29) is 10.8 Å². The highest BCUT2D eigenvalue weighted by molar-refractivity contribution is 7.89. The zero-order chi connectivity index (χ0) is 19.2. The second kappa shape index (κ2) is 8.98. The van der Waals surface area contributed by atoms with E-state index in [1.54, 1.807) is 56.3 Å². The fraction of sp³-hybridized carbons (Fsp3) is 0.211. The van der Waals surface area contributed by atoms with Crippen molar-refractivity contribution in [3.05, 3.63) is 65.2 Å². The molecule has 0 fully saturated rings. The molecule has 1 N–H and O–H groups in total. The van der Waals surface area contributed by atoms with E-state index in [0.717, 1.165) is 5.56 Å². The van der Waals surface area contributed by atoms with Crippen LogP contribution in [0.15, 0.2) is 59.5 Å². The van der Waals surface area contributed by atoms with E-state index in [1.807, 2.05) is 0 Å². The SMILES string of the molecule is CCN(CC)S(=O)(=O)c1ccc(NC(=O)C=Cc2ccc(Cl)cc2)cc1. The second-order valence-electron chi connectivity index (χ2n) is 5.49. The Balaban J connectivity index is 2.04. The lowest BCUT2D eigenvalue weighted by molar-refractivity contribution is -0.111. The number of nitrogens with one attached hydrogen (secondary N) is 1. The number of nitrogens with zero attached hydrogens (tertiary/aromatic N) is 1. The van der Waals surface area contributed by atoms with Crippen LogP contribution < -0.4 is 5.32 Å². The number of sulfonamides is 1. The third kappa shape index (κ3) is 5.17. The zero-order valence-electron chi connectivity index (χ0n) is 14.6. The summed E-state index contributed by atoms with van der Waals surface area (Å²) < 4.78 is 26.2. The maximum absolute atomic E-state index is 12.4. The molecule has 0 saturated carbocycles. The Bertz CT molecular complexity index is 872. The molecule has 0 bridgehead atoms. The number of anilines is 1. The number of hydrogen-bond donors (Lipinski definition) is 1. The molecule has 26 heavy (non-hydrogen) atoms. The molecule has 0 saturated heterocycles. The van der Waals surface area contributed by atoms with Gasteiger partial charge in [0.05, 0.1) is 4.90 Å². The van der Waals surface area contributed by atoms with Crippen LogP contribution in [0.25, 0.3) is 6.08 Å². The van der Waals surface area contributed by atoms with Crippen molar-refractivity contribution in [2.75, 3.05) is 18.4 Å². The second-order valence-corrected chi connectivity index (χ2v) is 7.86. The van der Waals surface area contributed by atoms with Gasteiger partial charge in [0.25, 0.3) is 0 Å². The number of hydrogen-bond acceptors (Lipinski definition) is 3. The number of carbonyl (C=O) groups excluding carboxylic acids is 1. The van der Waals surface area contributed by atoms with Gasteiger partial charge in [-0.3, -0.25) is 4.79 Å². The maximum atomic E-state index is 12.4. The van der Waals surface area contributed by atoms with Gasteiger partial charge in [0.2, 0.25) is 15.9 Å². The molecule has 5 nitrogen and oxygen atoms in total. The molecule has 0 aliphatic carbocycles. The van der Waals surface area contributed by atoms with Crippen LogP contribution in [0.2, 0.25) is 5.02 Å². The molecule has 0 spiro atoms. The summed E-state index contributed by atoms with van der Waals surface area (Å²) in [6, 6.07) is 13.2. The van der Waals surface area contributed by atoms with Crippen molar-refractivity contribution in [2.24, 2.45) is 0 Å². The van der Waals surface area contributed by atoms with Crippen LogP contribution in [0.4, 0.5) is 5.69 Å². The van der Waals surface area contributed by atoms with Crippen molar-refractivity contribution >= 4 is 39.3 Å². The molecule has 1 amide bonds. The summed E-state index contributed by atoms with van der Waals surface area (Å²) in [6.07, 6.45) is 3.08. The van der Waals surface area contributed by atoms with Crippen LogP contribution in [0.1, 0.15) is 19.4 Å². The van der Waals surface area contributed by atoms with Crippen molar-refractivity contribution in [1.82, 2.24) is 4.31 Å². The van der Waals surface area contributed by atoms with Crippen molar-refractivity contribution in [3.8, 4) is 0 Å². The molecule has 7 heteroatoms. The van der Waals surface area contributed by atoms with Crippen LogP contribution in [0.3, 0.4) is 0 Å². The summed E-state index contributed by atoms with van der Waals surface area (Å²) in [6.45, 7) is 4.41. The van der Waals surface area contributed by atoms with E-state index >= 15 is 0 Å². The number of benzene rings is 2. The Kier molecular flexibility index (Phi) is 6.97. The Hall–Kier alpha value is -2.15. The predicted molar refractivity (Wildman–Crippen MR) is 106 cm³/mol. The summed E-state index contributed by atoms with van der Waals surface area (Å²) in [4.78, 5) is 12.2. The first-order valence-electron chi connectivity index (χ1n) is 8.21. The van der Waals surface area contributed by atoms with E-state index in [0.29, 0.717) is 23.8 Å². The van der Waals surface area contributed by atoms with Gasteiger partial charge in [-0.2, -0.15) is 4.31 Å². The first-order chi connectivity index (χ1) is 12.4. The van der Waals surface area contributed by atoms with Crippen LogP contribution in [0, 0.1) is 0 Å². The van der Waals surface area contributed by atoms with Crippen LogP contribution in [-0.2, 0) is 14.8 Å². The third-order valence-corrected chi connectivity index (χ3v) is 6.08. The van der Waals surface area contributed by atoms with Gasteiger partial charge in [0, 0.05) is 29.9 Å². The molecule has 2 aromatic rings. The Morgan fingerprint density at radius 2 is 1.62 bits per heavy atom. The Morgan fingerprint density at radius 3 is 2.15 bits per heavy atom. The average Bonchev–Trinajstić information content (AvgIpc) is 2.62. The zero-order valence-corrected chi connectivity index (χ0v) is 16.2. The lowest BCUT2D eigenvalue weighted by atomic mass is 10.2. The number of rotatable bonds is 7. The smallest absolute Gasteiger partial charge is 0.248 e. The fourth-order valence-electron chi connectivity index (χ4n) is 2.35. The van der Waals surface area contributed by atoms with Crippen LogP contribution in [-0.4, -0.2) is 31.7 Å². The van der Waals surface area contributed by atoms with Gasteiger partial charge in [-0.05, 0) is 48.0 Å². The fourth-order valence-corrected chi connectivity index (χ4v) is 3.94. The van der Waals surface area contributed by atoms with Gasteiger partial charge < -0.3 is 5.32 Å². The lowest BCUT2D eigenvalue weighted by Gasteiger charge is -2.18. The minimum absolute atomic E-state index is 0.205. The quantitative estimate of drug-likeness (QED) is 0.723. The van der Waals surface area contributed by atoms with Crippen molar-refractivity contribution in [3.63, 3.8) is 0 Å². The minimum Gasteiger partial charge on any atom is -0.323 e. The molecule has 138 valence electrons. The number of carbonyl (C=O) groups is 1. The first-order valence-corrected chi connectivity index (χ1v) is 10.0. The van der Waals surface area contributed by atoms with Gasteiger partial charge in [-0.15, -0.1) is 0 Å². The van der Waals surface area contributed by atoms with Gasteiger partial charge in [-0.25, -0.2) is 8.42 Å². The predicted octanol–water partition coefficient (Wildman–Crippen LogP) is 4.02. The normalized spacial score (nSPS) is 11.8. The first kappa shape index (κ1) is 20.2. The average molecular weight is 393 g/mol. The molecule has 0 heterocycles. The molecule has 0 aromatic heterocycles. The molecule has 0 radical (unpaired) electrons. The third-order valence-electron chi connectivity index (χ3n) is 3.76. The Labute approximate surface area is 159 Å². The highest BCUT2D eigenvalue weighted by Crippen LogP contribution is 2.18. The standard InChI is InChI=1S/C19H21ClN2O3S/c1-3-22(4-2)26(24,25)18-12-10-17(11-13-18)21-19(23)14-7-15-5-8-16(20)9-6-15/h5-14H,3-4H2,1-2H3,(H,21,23). The number of halogens is 1. The van der Waals surface area contributed by atoms with E-state index in [1.165, 1.54) is 22.5 Å². The summed E-state index contributed by atoms with van der Waals surface area (Å²) in [5, 5.41) is 3.33. The molecular weight excluding hydrogens is 372 g/mol. The molecule has 2 rings (SSSR count). The number of amides is 1. The van der Waals surface area contributed by atoms with Crippen LogP contribution in [0.5, 0.6) is 0 Å². The summed E-state index contributed by atoms with van der Waals surface area (Å²) >= 11 is 5.82. The van der Waals surface area contributed by atoms with E-state index in [9.17, 15) is 13.2 Å². The van der Waals surface area contributed by atoms with E-state index < -0.39 is 10.0 Å². The van der Waals surface area contributed by atoms with Gasteiger partial charge in [0.15, 0.2) is 0 Å². The topological polar surface area (TPSA) is 66.5 Å². The minimum atomic E-state index is -3.50. The maximum Gasteiger partial charge on any atom is 0.248 e. The van der Waals surface area contributed by atoms with Gasteiger partial charge in [0.1, 0.15) is 0 Å². The van der Waals surface area contributed by atoms with E-state index in [4.69, 9.17) is 11.6 Å². The molecule has 0 atom stereocenters. The monoisotopic (exact) mass is 392 g/mol. The van der Waals surface area contributed by atoms with Crippen molar-refractivity contribution < 1.29 is 13.2 Å². The van der Waals surface area contributed by atoms with Crippen molar-refractivity contribution in [1.29, 1.82) is 0 Å². The molecule has 0 aliphatic rings. The summed E-state index contributed by atoms with van der Waals surface area (Å²) in [7, 11) is -3.50. The largest absolute Gasteiger partial charge is 0.323 e. The van der Waals surface area contributed by atoms with Crippen LogP contribution >= 0.6 is 11.6 Å². The summed E-state index contributed by atoms with van der Waals surface area (Å²) in [5.74, 6) is -0.306. The molecule has 0 unspecified atom stereocenters. The molecular formula is C19H21ClN2O3S. The van der Waals surface area contributed by atoms with Gasteiger partial charge >= 0.3 is 0 Å². The van der Waals surface area contributed by atoms with E-state index in [2.05, 4.69) is 5.32 Å². The highest BCUT2D eigenvalue weighted by atomic mass is 35.5. The van der Waals surface area contributed by atoms with Gasteiger partial charge in [-0.1, -0.05) is 37.6 Å². The summed E-state index contributed by atoms with van der Waals surface area (Å²) in [5.41, 5.74) is 1.37. The lowest BCUT2D eigenvalue weighted by Crippen LogP contribution is -2.30. The highest BCUT2D eigenvalue weighted by Gasteiger charge is 2.21. The Morgan fingerprint density at radius 1 is 1.04 bits per heavy atom.